The maximum atomic E-state index is 11.9. The van der Waals surface area contributed by atoms with Crippen LogP contribution in [-0.2, 0) is 14.3 Å². The number of carbonyl (C=O) groups is 2. The monoisotopic (exact) mass is 273 g/mol. The molecule has 7 heteroatoms. The van der Waals surface area contributed by atoms with Crippen molar-refractivity contribution in [1.82, 2.24) is 10.6 Å². The van der Waals surface area contributed by atoms with E-state index in [1.165, 1.54) is 0 Å². The third-order valence-corrected chi connectivity index (χ3v) is 3.39. The third kappa shape index (κ3) is 3.39. The van der Waals surface area contributed by atoms with Crippen molar-refractivity contribution in [2.45, 2.75) is 25.8 Å². The normalized spacial score (nSPS) is 17.7. The van der Waals surface area contributed by atoms with Crippen molar-refractivity contribution in [3.63, 3.8) is 0 Å². The summed E-state index contributed by atoms with van der Waals surface area (Å²) in [5.74, 6) is -0.511. The Labute approximate surface area is 112 Å². The number of nitrogens with two attached hydrogens (primary N) is 1. The molecular weight excluding hydrogens is 254 g/mol. The zero-order chi connectivity index (χ0) is 13.8. The number of hydrogen-bond donors (Lipinski definition) is 3. The Bertz CT molecular complexity index is 355. The molecule has 4 N–H and O–H groups in total. The molecule has 0 aromatic rings. The molecule has 0 aromatic heterocycles. The van der Waals surface area contributed by atoms with E-state index in [9.17, 15) is 9.59 Å². The average Bonchev–Trinajstić information content (AvgIpc) is 3.10. The van der Waals surface area contributed by atoms with E-state index >= 15 is 0 Å². The van der Waals surface area contributed by atoms with E-state index in [4.69, 9.17) is 22.7 Å². The van der Waals surface area contributed by atoms with Crippen molar-refractivity contribution < 1.29 is 14.3 Å². The molecule has 0 aliphatic heterocycles. The zero-order valence-corrected chi connectivity index (χ0v) is 11.4. The quantitative estimate of drug-likeness (QED) is 0.422. The first kappa shape index (κ1) is 14.8. The molecule has 0 radical (unpaired) electrons. The maximum Gasteiger partial charge on any atom is 0.242 e. The van der Waals surface area contributed by atoms with Gasteiger partial charge >= 0.3 is 0 Å². The lowest BCUT2D eigenvalue weighted by atomic mass is 10.1. The van der Waals surface area contributed by atoms with Crippen LogP contribution in [-0.4, -0.2) is 43.1 Å². The minimum atomic E-state index is -0.726. The molecule has 102 valence electrons. The summed E-state index contributed by atoms with van der Waals surface area (Å²) in [6.45, 7) is 2.47. The van der Waals surface area contributed by atoms with Gasteiger partial charge < -0.3 is 21.1 Å². The molecule has 1 saturated carbocycles. The van der Waals surface area contributed by atoms with Gasteiger partial charge in [0.05, 0.1) is 17.0 Å². The number of hydrogen-bond acceptors (Lipinski definition) is 4. The summed E-state index contributed by atoms with van der Waals surface area (Å²) in [5, 5.41) is 5.28. The molecule has 1 atom stereocenters. The SMILES string of the molecule is COCCNC(=O)C(C)NC(=O)C1(C(N)=S)CC1. The molecule has 1 unspecified atom stereocenters. The van der Waals surface area contributed by atoms with Gasteiger partial charge in [0.25, 0.3) is 0 Å². The number of carbonyl (C=O) groups excluding carboxylic acids is 2. The van der Waals surface area contributed by atoms with Crippen LogP contribution in [0.2, 0.25) is 0 Å². The van der Waals surface area contributed by atoms with E-state index in [0.29, 0.717) is 26.0 Å². The molecule has 2 amide bonds. The number of ether oxygens (including phenoxy) is 1. The van der Waals surface area contributed by atoms with Crippen LogP contribution in [0.15, 0.2) is 0 Å². The highest BCUT2D eigenvalue weighted by Crippen LogP contribution is 2.46. The number of thiocarbonyl (C=S) groups is 1. The van der Waals surface area contributed by atoms with Crippen molar-refractivity contribution in [3.05, 3.63) is 0 Å². The number of rotatable bonds is 7. The molecule has 0 bridgehead atoms. The van der Waals surface area contributed by atoms with Gasteiger partial charge in [-0.05, 0) is 19.8 Å². The Morgan fingerprint density at radius 3 is 2.56 bits per heavy atom. The molecular formula is C11H19N3O3S. The van der Waals surface area contributed by atoms with Gasteiger partial charge in [0, 0.05) is 13.7 Å². The Morgan fingerprint density at radius 1 is 1.50 bits per heavy atom. The molecule has 0 saturated heterocycles. The van der Waals surface area contributed by atoms with Gasteiger partial charge in [0.2, 0.25) is 11.8 Å². The van der Waals surface area contributed by atoms with Crippen LogP contribution in [0, 0.1) is 5.41 Å². The first-order valence-corrected chi connectivity index (χ1v) is 6.22. The Hall–Kier alpha value is -1.21. The largest absolute Gasteiger partial charge is 0.392 e. The van der Waals surface area contributed by atoms with Crippen LogP contribution in [0.3, 0.4) is 0 Å². The smallest absolute Gasteiger partial charge is 0.242 e. The molecule has 1 aliphatic rings. The van der Waals surface area contributed by atoms with E-state index in [2.05, 4.69) is 10.6 Å². The fraction of sp³-hybridized carbons (Fsp3) is 0.727. The fourth-order valence-corrected chi connectivity index (χ4v) is 1.84. The topological polar surface area (TPSA) is 93.5 Å². The summed E-state index contributed by atoms with van der Waals surface area (Å²) in [6, 6.07) is -0.610. The van der Waals surface area contributed by atoms with Crippen LogP contribution in [0.4, 0.5) is 0 Å². The summed E-state index contributed by atoms with van der Waals surface area (Å²) >= 11 is 4.87. The molecule has 1 aliphatic carbocycles. The molecule has 0 heterocycles. The molecule has 0 spiro atoms. The molecule has 6 nitrogen and oxygen atoms in total. The summed E-state index contributed by atoms with van der Waals surface area (Å²) in [4.78, 5) is 23.8. The second-order valence-electron chi connectivity index (χ2n) is 4.43. The van der Waals surface area contributed by atoms with Gasteiger partial charge in [-0.2, -0.15) is 0 Å². The van der Waals surface area contributed by atoms with Gasteiger partial charge in [-0.1, -0.05) is 12.2 Å². The van der Waals surface area contributed by atoms with Gasteiger partial charge in [0.1, 0.15) is 6.04 Å². The van der Waals surface area contributed by atoms with E-state index < -0.39 is 11.5 Å². The van der Waals surface area contributed by atoms with Crippen LogP contribution in [0.5, 0.6) is 0 Å². The third-order valence-electron chi connectivity index (χ3n) is 3.00. The van der Waals surface area contributed by atoms with Crippen LogP contribution < -0.4 is 16.4 Å². The van der Waals surface area contributed by atoms with Gasteiger partial charge in [0.15, 0.2) is 0 Å². The fourth-order valence-electron chi connectivity index (χ4n) is 1.54. The lowest BCUT2D eigenvalue weighted by Crippen LogP contribution is -2.49. The van der Waals surface area contributed by atoms with Gasteiger partial charge in [-0.15, -0.1) is 0 Å². The summed E-state index contributed by atoms with van der Waals surface area (Å²) < 4.78 is 4.81. The average molecular weight is 273 g/mol. The first-order chi connectivity index (χ1) is 8.44. The second kappa shape index (κ2) is 6.10. The Morgan fingerprint density at radius 2 is 2.11 bits per heavy atom. The summed E-state index contributed by atoms with van der Waals surface area (Å²) in [7, 11) is 1.55. The standard InChI is InChI=1S/C11H19N3O3S/c1-7(8(15)13-5-6-17-2)14-10(16)11(3-4-11)9(12)18/h7H,3-6H2,1-2H3,(H2,12,18)(H,13,15)(H,14,16). The van der Waals surface area contributed by atoms with Crippen molar-refractivity contribution in [2.75, 3.05) is 20.3 Å². The second-order valence-corrected chi connectivity index (χ2v) is 4.87. The lowest BCUT2D eigenvalue weighted by molar-refractivity contribution is -0.130. The van der Waals surface area contributed by atoms with E-state index in [-0.39, 0.29) is 16.8 Å². The first-order valence-electron chi connectivity index (χ1n) is 5.81. The number of amides is 2. The minimum absolute atomic E-state index is 0.201. The highest BCUT2D eigenvalue weighted by molar-refractivity contribution is 7.80. The van der Waals surface area contributed by atoms with E-state index in [0.717, 1.165) is 0 Å². The number of nitrogens with one attached hydrogen (secondary N) is 2. The van der Waals surface area contributed by atoms with Crippen LogP contribution >= 0.6 is 12.2 Å². The highest BCUT2D eigenvalue weighted by Gasteiger charge is 2.53. The Kier molecular flexibility index (Phi) is 5.03. The minimum Gasteiger partial charge on any atom is -0.392 e. The molecule has 0 aromatic carbocycles. The van der Waals surface area contributed by atoms with Crippen molar-refractivity contribution in [2.24, 2.45) is 11.1 Å². The molecule has 1 fully saturated rings. The van der Waals surface area contributed by atoms with Crippen LogP contribution in [0.1, 0.15) is 19.8 Å². The summed E-state index contributed by atoms with van der Waals surface area (Å²) in [5.41, 5.74) is 4.81. The van der Waals surface area contributed by atoms with Crippen molar-refractivity contribution in [3.8, 4) is 0 Å². The maximum absolute atomic E-state index is 11.9. The van der Waals surface area contributed by atoms with Crippen molar-refractivity contribution >= 4 is 29.0 Å². The lowest BCUT2D eigenvalue weighted by Gasteiger charge is -2.18. The van der Waals surface area contributed by atoms with Gasteiger partial charge in [-0.25, -0.2) is 0 Å². The van der Waals surface area contributed by atoms with Gasteiger partial charge in [-0.3, -0.25) is 9.59 Å². The van der Waals surface area contributed by atoms with Crippen molar-refractivity contribution in [1.29, 1.82) is 0 Å². The predicted octanol–water partition coefficient (Wildman–Crippen LogP) is -0.680. The van der Waals surface area contributed by atoms with E-state index in [1.54, 1.807) is 14.0 Å². The van der Waals surface area contributed by atoms with E-state index in [1.807, 2.05) is 0 Å². The zero-order valence-electron chi connectivity index (χ0n) is 10.6. The summed E-state index contributed by atoms with van der Waals surface area (Å²) in [6.07, 6.45) is 1.32. The number of methoxy groups -OCH3 is 1. The molecule has 18 heavy (non-hydrogen) atoms. The predicted molar refractivity (Wildman–Crippen MR) is 70.9 cm³/mol. The Balaban J connectivity index is 2.40. The highest BCUT2D eigenvalue weighted by atomic mass is 32.1. The van der Waals surface area contributed by atoms with Crippen LogP contribution in [0.25, 0.3) is 0 Å². The molecule has 1 rings (SSSR count).